The number of aromatic nitrogens is 2. The van der Waals surface area contributed by atoms with Gasteiger partial charge < -0.3 is 10.2 Å². The highest BCUT2D eigenvalue weighted by Gasteiger charge is 2.12. The van der Waals surface area contributed by atoms with E-state index >= 15 is 0 Å². The largest absolute Gasteiger partial charge is 0.338 e. The number of rotatable bonds is 6. The summed E-state index contributed by atoms with van der Waals surface area (Å²) in [5.41, 5.74) is 3.31. The highest BCUT2D eigenvalue weighted by molar-refractivity contribution is 5.73. The van der Waals surface area contributed by atoms with Crippen LogP contribution in [-0.2, 0) is 13.1 Å². The van der Waals surface area contributed by atoms with Gasteiger partial charge in [0.1, 0.15) is 0 Å². The molecule has 2 aromatic rings. The maximum absolute atomic E-state index is 12.2. The van der Waals surface area contributed by atoms with E-state index in [0.29, 0.717) is 19.0 Å². The summed E-state index contributed by atoms with van der Waals surface area (Å²) in [5.74, 6) is 0.321. The minimum atomic E-state index is -0.0472. The first-order valence-electron chi connectivity index (χ1n) is 7.99. The van der Waals surface area contributed by atoms with Crippen LogP contribution in [0.25, 0.3) is 0 Å². The predicted molar refractivity (Wildman–Crippen MR) is 92.2 cm³/mol. The summed E-state index contributed by atoms with van der Waals surface area (Å²) in [6.45, 7) is 8.22. The topological polar surface area (TPSA) is 50.2 Å². The minimum Gasteiger partial charge on any atom is -0.338 e. The van der Waals surface area contributed by atoms with Gasteiger partial charge >= 0.3 is 6.03 Å². The maximum atomic E-state index is 12.2. The van der Waals surface area contributed by atoms with Crippen LogP contribution in [0.4, 0.5) is 4.79 Å². The monoisotopic (exact) mass is 314 g/mol. The smallest absolute Gasteiger partial charge is 0.317 e. The molecule has 0 saturated heterocycles. The SMILES string of the molecule is Cc1cc(C)n(CC(C)CNC(=O)N(C)Cc2ccccc2)n1. The average Bonchev–Trinajstić information content (AvgIpc) is 2.83. The molecule has 0 spiro atoms. The molecule has 124 valence electrons. The van der Waals surface area contributed by atoms with E-state index in [2.05, 4.69) is 30.3 Å². The van der Waals surface area contributed by atoms with Crippen LogP contribution in [0, 0.1) is 19.8 Å². The highest BCUT2D eigenvalue weighted by atomic mass is 16.2. The molecule has 1 aromatic carbocycles. The molecule has 0 saturated carbocycles. The first kappa shape index (κ1) is 17.1. The maximum Gasteiger partial charge on any atom is 0.317 e. The van der Waals surface area contributed by atoms with Gasteiger partial charge in [0.2, 0.25) is 0 Å². The first-order valence-corrected chi connectivity index (χ1v) is 7.99. The van der Waals surface area contributed by atoms with Crippen molar-refractivity contribution in [3.63, 3.8) is 0 Å². The Morgan fingerprint density at radius 1 is 1.30 bits per heavy atom. The predicted octanol–water partition coefficient (Wildman–Crippen LogP) is 2.98. The minimum absolute atomic E-state index is 0.0472. The molecule has 5 nitrogen and oxygen atoms in total. The molecular weight excluding hydrogens is 288 g/mol. The van der Waals surface area contributed by atoms with Gasteiger partial charge in [0, 0.05) is 32.4 Å². The van der Waals surface area contributed by atoms with Crippen LogP contribution < -0.4 is 5.32 Å². The van der Waals surface area contributed by atoms with Crippen LogP contribution in [0.2, 0.25) is 0 Å². The summed E-state index contributed by atoms with van der Waals surface area (Å²) >= 11 is 0. The fourth-order valence-corrected chi connectivity index (χ4v) is 2.55. The number of amides is 2. The van der Waals surface area contributed by atoms with Crippen molar-refractivity contribution in [3.8, 4) is 0 Å². The fraction of sp³-hybridized carbons (Fsp3) is 0.444. The van der Waals surface area contributed by atoms with E-state index in [1.807, 2.05) is 49.0 Å². The van der Waals surface area contributed by atoms with Gasteiger partial charge in [-0.3, -0.25) is 4.68 Å². The third-order valence-electron chi connectivity index (χ3n) is 3.80. The zero-order valence-electron chi connectivity index (χ0n) is 14.4. The fourth-order valence-electron chi connectivity index (χ4n) is 2.55. The molecule has 1 unspecified atom stereocenters. The van der Waals surface area contributed by atoms with Gasteiger partial charge in [-0.2, -0.15) is 5.10 Å². The Labute approximate surface area is 138 Å². The van der Waals surface area contributed by atoms with Crippen molar-refractivity contribution in [1.82, 2.24) is 20.0 Å². The van der Waals surface area contributed by atoms with E-state index in [4.69, 9.17) is 0 Å². The Morgan fingerprint density at radius 2 is 2.00 bits per heavy atom. The van der Waals surface area contributed by atoms with E-state index in [9.17, 15) is 4.79 Å². The number of carbonyl (C=O) groups is 1. The summed E-state index contributed by atoms with van der Waals surface area (Å²) in [7, 11) is 1.81. The van der Waals surface area contributed by atoms with Crippen molar-refractivity contribution in [2.45, 2.75) is 33.9 Å². The van der Waals surface area contributed by atoms with Crippen molar-refractivity contribution in [2.24, 2.45) is 5.92 Å². The molecule has 1 aromatic heterocycles. The lowest BCUT2D eigenvalue weighted by atomic mass is 10.2. The number of aryl methyl sites for hydroxylation is 2. The lowest BCUT2D eigenvalue weighted by Gasteiger charge is -2.20. The number of nitrogens with one attached hydrogen (secondary N) is 1. The summed E-state index contributed by atoms with van der Waals surface area (Å²) in [4.78, 5) is 13.9. The second-order valence-electron chi connectivity index (χ2n) is 6.24. The molecule has 0 fully saturated rings. The number of urea groups is 1. The summed E-state index contributed by atoms with van der Waals surface area (Å²) in [5, 5.41) is 7.46. The lowest BCUT2D eigenvalue weighted by molar-refractivity contribution is 0.204. The Balaban J connectivity index is 1.78. The summed E-state index contributed by atoms with van der Waals surface area (Å²) in [6, 6.07) is 12.0. The third-order valence-corrected chi connectivity index (χ3v) is 3.80. The molecule has 5 heteroatoms. The number of benzene rings is 1. The molecular formula is C18H26N4O. The zero-order chi connectivity index (χ0) is 16.8. The first-order chi connectivity index (χ1) is 11.0. The van der Waals surface area contributed by atoms with E-state index in [1.165, 1.54) is 0 Å². The van der Waals surface area contributed by atoms with Gasteiger partial charge in [0.15, 0.2) is 0 Å². The standard InChI is InChI=1S/C18H26N4O/c1-14(12-22-16(3)10-15(2)20-22)11-19-18(23)21(4)13-17-8-6-5-7-9-17/h5-10,14H,11-13H2,1-4H3,(H,19,23). The lowest BCUT2D eigenvalue weighted by Crippen LogP contribution is -2.39. The highest BCUT2D eigenvalue weighted by Crippen LogP contribution is 2.06. The number of hydrogen-bond acceptors (Lipinski definition) is 2. The van der Waals surface area contributed by atoms with Crippen LogP contribution in [0.5, 0.6) is 0 Å². The Morgan fingerprint density at radius 3 is 2.61 bits per heavy atom. The van der Waals surface area contributed by atoms with Crippen LogP contribution in [0.1, 0.15) is 23.9 Å². The van der Waals surface area contributed by atoms with Crippen LogP contribution in [0.15, 0.2) is 36.4 Å². The van der Waals surface area contributed by atoms with Crippen LogP contribution in [0.3, 0.4) is 0 Å². The number of nitrogens with zero attached hydrogens (tertiary/aromatic N) is 3. The van der Waals surface area contributed by atoms with Gasteiger partial charge in [-0.25, -0.2) is 4.79 Å². The van der Waals surface area contributed by atoms with E-state index in [1.54, 1.807) is 4.90 Å². The van der Waals surface area contributed by atoms with Crippen LogP contribution in [-0.4, -0.2) is 34.3 Å². The third kappa shape index (κ3) is 5.13. The molecule has 0 bridgehead atoms. The van der Waals surface area contributed by atoms with Crippen molar-refractivity contribution in [2.75, 3.05) is 13.6 Å². The molecule has 0 aliphatic carbocycles. The van der Waals surface area contributed by atoms with Gasteiger partial charge in [-0.15, -0.1) is 0 Å². The summed E-state index contributed by atoms with van der Waals surface area (Å²) < 4.78 is 2.00. The molecule has 1 N–H and O–H groups in total. The van der Waals surface area contributed by atoms with Crippen molar-refractivity contribution in [3.05, 3.63) is 53.3 Å². The van der Waals surface area contributed by atoms with Crippen molar-refractivity contribution < 1.29 is 4.79 Å². The van der Waals surface area contributed by atoms with E-state index < -0.39 is 0 Å². The molecule has 0 radical (unpaired) electrons. The number of carbonyl (C=O) groups excluding carboxylic acids is 1. The molecule has 23 heavy (non-hydrogen) atoms. The Hall–Kier alpha value is -2.30. The van der Waals surface area contributed by atoms with Gasteiger partial charge in [-0.1, -0.05) is 37.3 Å². The summed E-state index contributed by atoms with van der Waals surface area (Å²) in [6.07, 6.45) is 0. The molecule has 1 heterocycles. The van der Waals surface area contributed by atoms with Crippen molar-refractivity contribution in [1.29, 1.82) is 0 Å². The van der Waals surface area contributed by atoms with Gasteiger partial charge in [0.05, 0.1) is 5.69 Å². The quantitative estimate of drug-likeness (QED) is 0.891. The van der Waals surface area contributed by atoms with Crippen molar-refractivity contribution >= 4 is 6.03 Å². The molecule has 2 amide bonds. The molecule has 1 atom stereocenters. The van der Waals surface area contributed by atoms with Gasteiger partial charge in [0.25, 0.3) is 0 Å². The average molecular weight is 314 g/mol. The van der Waals surface area contributed by atoms with E-state index in [-0.39, 0.29) is 6.03 Å². The molecule has 2 rings (SSSR count). The Kier molecular flexibility index (Phi) is 5.79. The molecule has 0 aliphatic heterocycles. The van der Waals surface area contributed by atoms with Crippen LogP contribution >= 0.6 is 0 Å². The second-order valence-corrected chi connectivity index (χ2v) is 6.24. The normalized spacial score (nSPS) is 12.0. The Bertz CT molecular complexity index is 636. The zero-order valence-corrected chi connectivity index (χ0v) is 14.4. The van der Waals surface area contributed by atoms with E-state index in [0.717, 1.165) is 23.5 Å². The second kappa shape index (κ2) is 7.81. The molecule has 0 aliphatic rings. The number of hydrogen-bond donors (Lipinski definition) is 1. The van der Waals surface area contributed by atoms with Gasteiger partial charge in [-0.05, 0) is 31.4 Å².